The quantitative estimate of drug-likeness (QED) is 0.336. The first-order valence-corrected chi connectivity index (χ1v) is 15.9. The minimum atomic E-state index is -3.71. The summed E-state index contributed by atoms with van der Waals surface area (Å²) in [6.45, 7) is 11.4. The predicted octanol–water partition coefficient (Wildman–Crippen LogP) is 4.67. The number of hydrogen-bond donors (Lipinski definition) is 1. The van der Waals surface area contributed by atoms with Crippen LogP contribution in [0.4, 0.5) is 5.95 Å². The van der Waals surface area contributed by atoms with Gasteiger partial charge in [0, 0.05) is 54.2 Å². The average molecular weight is 625 g/mol. The van der Waals surface area contributed by atoms with E-state index in [-0.39, 0.29) is 22.6 Å². The lowest BCUT2D eigenvalue weighted by Crippen LogP contribution is -2.61. The summed E-state index contributed by atoms with van der Waals surface area (Å²) >= 11 is 6.09. The fourth-order valence-electron chi connectivity index (χ4n) is 5.12. The van der Waals surface area contributed by atoms with Crippen molar-refractivity contribution >= 4 is 50.5 Å². The van der Waals surface area contributed by atoms with Crippen LogP contribution in [0.15, 0.2) is 53.2 Å². The van der Waals surface area contributed by atoms with Crippen molar-refractivity contribution in [3.8, 4) is 11.3 Å². The third-order valence-electron chi connectivity index (χ3n) is 7.25. The van der Waals surface area contributed by atoms with Crippen molar-refractivity contribution in [3.05, 3.63) is 70.7 Å². The van der Waals surface area contributed by atoms with E-state index in [0.717, 1.165) is 23.1 Å². The molecule has 1 aliphatic rings. The van der Waals surface area contributed by atoms with Gasteiger partial charge in [0.25, 0.3) is 11.8 Å². The molecular formula is C30H33ClN6O5S. The van der Waals surface area contributed by atoms with Crippen LogP contribution in [0.2, 0.25) is 5.02 Å². The number of anilines is 1. The number of fused-ring (bicyclic) bond motifs is 1. The van der Waals surface area contributed by atoms with Crippen LogP contribution < -0.4 is 9.62 Å². The van der Waals surface area contributed by atoms with Crippen molar-refractivity contribution in [1.82, 2.24) is 24.6 Å². The summed E-state index contributed by atoms with van der Waals surface area (Å²) in [5, 5.41) is 0.639. The number of carbonyl (C=O) groups excluding carboxylic acids is 2. The maximum atomic E-state index is 13.9. The molecule has 11 nitrogen and oxygen atoms in total. The van der Waals surface area contributed by atoms with Gasteiger partial charge >= 0.3 is 0 Å². The number of rotatable bonds is 5. The molecule has 0 spiro atoms. The van der Waals surface area contributed by atoms with Gasteiger partial charge in [0.2, 0.25) is 16.0 Å². The molecule has 3 aromatic heterocycles. The Morgan fingerprint density at radius 1 is 1.05 bits per heavy atom. The summed E-state index contributed by atoms with van der Waals surface area (Å²) in [5.74, 6) is -0.474. The number of benzene rings is 1. The summed E-state index contributed by atoms with van der Waals surface area (Å²) < 4.78 is 30.8. The molecule has 0 unspecified atom stereocenters. The van der Waals surface area contributed by atoms with Crippen molar-refractivity contribution in [2.45, 2.75) is 45.6 Å². The number of carbonyl (C=O) groups is 2. The molecule has 4 heterocycles. The normalized spacial score (nSPS) is 15.5. The lowest BCUT2D eigenvalue weighted by Gasteiger charge is -2.46. The van der Waals surface area contributed by atoms with Crippen LogP contribution in [0.5, 0.6) is 0 Å². The molecule has 4 aromatic rings. The molecule has 2 amide bonds. The van der Waals surface area contributed by atoms with E-state index in [2.05, 4.69) is 30.7 Å². The van der Waals surface area contributed by atoms with Crippen LogP contribution in [-0.4, -0.2) is 71.5 Å². The summed E-state index contributed by atoms with van der Waals surface area (Å²) in [6.07, 6.45) is 3.45. The molecular weight excluding hydrogens is 592 g/mol. The zero-order chi connectivity index (χ0) is 31.3. The zero-order valence-corrected chi connectivity index (χ0v) is 26.4. The van der Waals surface area contributed by atoms with Gasteiger partial charge in [0.1, 0.15) is 5.52 Å². The molecule has 0 radical (unpaired) electrons. The van der Waals surface area contributed by atoms with Gasteiger partial charge in [-0.2, -0.15) is 0 Å². The van der Waals surface area contributed by atoms with Gasteiger partial charge in [-0.15, -0.1) is 0 Å². The van der Waals surface area contributed by atoms with E-state index in [4.69, 9.17) is 21.0 Å². The van der Waals surface area contributed by atoms with Crippen molar-refractivity contribution in [2.24, 2.45) is 0 Å². The minimum absolute atomic E-state index is 0.0228. The molecule has 5 rings (SSSR count). The van der Waals surface area contributed by atoms with E-state index in [0.29, 0.717) is 41.7 Å². The zero-order valence-electron chi connectivity index (χ0n) is 24.8. The van der Waals surface area contributed by atoms with Gasteiger partial charge in [-0.25, -0.2) is 28.1 Å². The van der Waals surface area contributed by atoms with Crippen LogP contribution in [-0.2, 0) is 15.4 Å². The second-order valence-corrected chi connectivity index (χ2v) is 14.5. The van der Waals surface area contributed by atoms with E-state index in [9.17, 15) is 18.0 Å². The van der Waals surface area contributed by atoms with E-state index in [1.165, 1.54) is 12.4 Å². The number of halogens is 1. The first-order valence-electron chi connectivity index (χ1n) is 13.6. The molecule has 0 aliphatic carbocycles. The highest BCUT2D eigenvalue weighted by Gasteiger charge is 2.39. The third kappa shape index (κ3) is 6.50. The standard InChI is InChI=1S/C30H33ClN6O5S/c1-29(2,3)21-13-22(18-7-9-20(31)10-8-18)34-23-14-24(42-25(21)23)27(39)37-12-11-36(17-30(37,4)5)28-32-15-19(16-33-28)26(38)35-43(6,40)41/h7-10,13-16H,11-12,17H2,1-6H3,(H,35,38). The number of furan rings is 1. The van der Waals surface area contributed by atoms with Gasteiger partial charge in [-0.05, 0) is 37.5 Å². The van der Waals surface area contributed by atoms with Crippen LogP contribution in [0.25, 0.3) is 22.4 Å². The fraction of sp³-hybridized carbons (Fsp3) is 0.367. The topological polar surface area (TPSA) is 139 Å². The maximum Gasteiger partial charge on any atom is 0.290 e. The molecule has 1 saturated heterocycles. The molecule has 0 atom stereocenters. The Morgan fingerprint density at radius 3 is 2.28 bits per heavy atom. The average Bonchev–Trinajstić information content (AvgIpc) is 3.35. The molecule has 13 heteroatoms. The summed E-state index contributed by atoms with van der Waals surface area (Å²) in [4.78, 5) is 43.0. The smallest absolute Gasteiger partial charge is 0.290 e. The Balaban J connectivity index is 1.39. The number of aromatic nitrogens is 3. The largest absolute Gasteiger partial charge is 0.449 e. The van der Waals surface area contributed by atoms with Crippen LogP contribution >= 0.6 is 11.6 Å². The first kappa shape index (κ1) is 30.4. The number of hydrogen-bond acceptors (Lipinski definition) is 9. The van der Waals surface area contributed by atoms with Crippen molar-refractivity contribution in [1.29, 1.82) is 0 Å². The molecule has 1 aliphatic heterocycles. The number of amides is 2. The maximum absolute atomic E-state index is 13.9. The lowest BCUT2D eigenvalue weighted by molar-refractivity contribution is 0.0482. The summed E-state index contributed by atoms with van der Waals surface area (Å²) in [7, 11) is -3.71. The van der Waals surface area contributed by atoms with Crippen LogP contribution in [0.1, 0.15) is 61.1 Å². The highest BCUT2D eigenvalue weighted by atomic mass is 35.5. The Morgan fingerprint density at radius 2 is 1.70 bits per heavy atom. The van der Waals surface area contributed by atoms with Gasteiger partial charge in [0.15, 0.2) is 11.3 Å². The Labute approximate surface area is 255 Å². The number of nitrogens with one attached hydrogen (secondary N) is 1. The molecule has 1 N–H and O–H groups in total. The van der Waals surface area contributed by atoms with Gasteiger partial charge in [0.05, 0.1) is 23.1 Å². The van der Waals surface area contributed by atoms with Crippen molar-refractivity contribution in [3.63, 3.8) is 0 Å². The SMILES string of the molecule is CC(C)(C)c1cc(-c2ccc(Cl)cc2)nc2cc(C(=O)N3CCN(c4ncc(C(=O)NS(C)(=O)=O)cn4)CC3(C)C)oc12. The second-order valence-electron chi connectivity index (χ2n) is 12.3. The van der Waals surface area contributed by atoms with E-state index in [1.807, 2.05) is 53.8 Å². The van der Waals surface area contributed by atoms with Crippen molar-refractivity contribution < 1.29 is 22.4 Å². The Bertz CT molecular complexity index is 1810. The third-order valence-corrected chi connectivity index (χ3v) is 8.05. The molecule has 1 fully saturated rings. The second kappa shape index (κ2) is 10.9. The first-order chi connectivity index (χ1) is 20.0. The van der Waals surface area contributed by atoms with Crippen LogP contribution in [0, 0.1) is 0 Å². The Hall–Kier alpha value is -4.03. The van der Waals surface area contributed by atoms with Crippen LogP contribution in [0.3, 0.4) is 0 Å². The summed E-state index contributed by atoms with van der Waals surface area (Å²) in [6, 6.07) is 11.2. The number of pyridine rings is 1. The van der Waals surface area contributed by atoms with E-state index in [1.54, 1.807) is 11.0 Å². The number of piperazine rings is 1. The highest BCUT2D eigenvalue weighted by molar-refractivity contribution is 7.89. The van der Waals surface area contributed by atoms with Gasteiger partial charge in [-0.3, -0.25) is 9.59 Å². The monoisotopic (exact) mass is 624 g/mol. The number of sulfonamides is 1. The van der Waals surface area contributed by atoms with E-state index < -0.39 is 21.5 Å². The van der Waals surface area contributed by atoms with Crippen molar-refractivity contribution in [2.75, 3.05) is 30.8 Å². The van der Waals surface area contributed by atoms with Gasteiger partial charge < -0.3 is 14.2 Å². The predicted molar refractivity (Wildman–Crippen MR) is 165 cm³/mol. The number of nitrogens with zero attached hydrogens (tertiary/aromatic N) is 5. The molecule has 0 bridgehead atoms. The molecule has 1 aromatic carbocycles. The van der Waals surface area contributed by atoms with E-state index >= 15 is 0 Å². The highest BCUT2D eigenvalue weighted by Crippen LogP contribution is 2.36. The summed E-state index contributed by atoms with van der Waals surface area (Å²) in [5.41, 5.74) is 2.93. The molecule has 43 heavy (non-hydrogen) atoms. The van der Waals surface area contributed by atoms with Gasteiger partial charge in [-0.1, -0.05) is 44.5 Å². The Kier molecular flexibility index (Phi) is 7.72. The fourth-order valence-corrected chi connectivity index (χ4v) is 5.70. The molecule has 226 valence electrons. The lowest BCUT2D eigenvalue weighted by atomic mass is 9.86. The molecule has 0 saturated carbocycles. The minimum Gasteiger partial charge on any atom is -0.449 e.